The summed E-state index contributed by atoms with van der Waals surface area (Å²) in [6, 6.07) is 9.89. The van der Waals surface area contributed by atoms with E-state index in [1.54, 1.807) is 0 Å². The molecule has 0 heterocycles. The van der Waals surface area contributed by atoms with Crippen LogP contribution in [-0.4, -0.2) is 22.2 Å². The smallest absolute Gasteiger partial charge is 0.0801 e. The zero-order valence-corrected chi connectivity index (χ0v) is 8.86. The fourth-order valence-corrected chi connectivity index (χ4v) is 1.16. The maximum atomic E-state index is 9.25. The van der Waals surface area contributed by atoms with E-state index in [1.165, 1.54) is 0 Å². The van der Waals surface area contributed by atoms with Gasteiger partial charge in [0.1, 0.15) is 0 Å². The van der Waals surface area contributed by atoms with E-state index in [-0.39, 0.29) is 6.10 Å². The van der Waals surface area contributed by atoms with Crippen LogP contribution in [0.2, 0.25) is 0 Å². The maximum absolute atomic E-state index is 9.25. The molecule has 0 aliphatic carbocycles. The Hall–Kier alpha value is -0.290. The Morgan fingerprint density at radius 1 is 1.33 bits per heavy atom. The highest BCUT2D eigenvalue weighted by Gasteiger charge is 1.99. The van der Waals surface area contributed by atoms with Gasteiger partial charge in [-0.25, -0.2) is 0 Å². The third kappa shape index (κ3) is 3.40. The van der Waals surface area contributed by atoms with Gasteiger partial charge in [-0.1, -0.05) is 40.8 Å². The zero-order chi connectivity index (χ0) is 8.81. The number of para-hydroxylation sites is 1. The summed E-state index contributed by atoms with van der Waals surface area (Å²) in [6.45, 7) is 0.618. The average molecular weight is 277 g/mol. The van der Waals surface area contributed by atoms with Crippen LogP contribution in [0.1, 0.15) is 0 Å². The van der Waals surface area contributed by atoms with Crippen molar-refractivity contribution >= 4 is 28.3 Å². The van der Waals surface area contributed by atoms with Crippen LogP contribution < -0.4 is 5.32 Å². The predicted molar refractivity (Wildman–Crippen MR) is 59.8 cm³/mol. The van der Waals surface area contributed by atoms with E-state index in [9.17, 15) is 5.11 Å². The van der Waals surface area contributed by atoms with Crippen LogP contribution in [0.25, 0.3) is 0 Å². The van der Waals surface area contributed by atoms with Gasteiger partial charge in [0.25, 0.3) is 0 Å². The molecule has 0 aliphatic heterocycles. The van der Waals surface area contributed by atoms with Crippen molar-refractivity contribution in [2.45, 2.75) is 6.10 Å². The van der Waals surface area contributed by atoms with E-state index < -0.39 is 0 Å². The van der Waals surface area contributed by atoms with Gasteiger partial charge in [-0.15, -0.1) is 0 Å². The molecule has 0 aromatic heterocycles. The number of benzene rings is 1. The van der Waals surface area contributed by atoms with Crippen molar-refractivity contribution < 1.29 is 5.11 Å². The molecule has 0 bridgehead atoms. The monoisotopic (exact) mass is 277 g/mol. The number of alkyl halides is 1. The molecular formula is C9H12INO. The van der Waals surface area contributed by atoms with E-state index >= 15 is 0 Å². The standard InChI is InChI=1S/C9H12INO/c10-6-9(12)7-11-8-4-2-1-3-5-8/h1-5,9,11-12H,6-7H2. The molecule has 2 nitrogen and oxygen atoms in total. The predicted octanol–water partition coefficient (Wildman–Crippen LogP) is 1.89. The third-order valence-corrected chi connectivity index (χ3v) is 2.51. The largest absolute Gasteiger partial charge is 0.390 e. The molecule has 2 N–H and O–H groups in total. The van der Waals surface area contributed by atoms with Crippen LogP contribution in [0, 0.1) is 0 Å². The Kier molecular flexibility index (Phi) is 4.39. The molecule has 0 saturated heterocycles. The van der Waals surface area contributed by atoms with Gasteiger partial charge in [0, 0.05) is 16.7 Å². The molecular weight excluding hydrogens is 265 g/mol. The van der Waals surface area contributed by atoms with Gasteiger partial charge in [-0.2, -0.15) is 0 Å². The summed E-state index contributed by atoms with van der Waals surface area (Å²) in [5.41, 5.74) is 1.06. The highest BCUT2D eigenvalue weighted by molar-refractivity contribution is 14.1. The normalized spacial score (nSPS) is 12.5. The van der Waals surface area contributed by atoms with E-state index in [1.807, 2.05) is 30.3 Å². The average Bonchev–Trinajstić information content (AvgIpc) is 2.16. The molecule has 12 heavy (non-hydrogen) atoms. The molecule has 0 radical (unpaired) electrons. The summed E-state index contributed by atoms with van der Waals surface area (Å²) in [5.74, 6) is 0. The first-order valence-electron chi connectivity index (χ1n) is 3.86. The molecule has 0 spiro atoms. The number of hydrogen-bond acceptors (Lipinski definition) is 2. The number of rotatable bonds is 4. The summed E-state index contributed by atoms with van der Waals surface area (Å²) in [4.78, 5) is 0. The zero-order valence-electron chi connectivity index (χ0n) is 6.70. The summed E-state index contributed by atoms with van der Waals surface area (Å²) >= 11 is 2.17. The van der Waals surface area contributed by atoms with Gasteiger partial charge in [0.05, 0.1) is 6.10 Å². The van der Waals surface area contributed by atoms with E-state index in [2.05, 4.69) is 27.9 Å². The van der Waals surface area contributed by atoms with Crippen molar-refractivity contribution in [3.8, 4) is 0 Å². The van der Waals surface area contributed by atoms with Gasteiger partial charge in [-0.3, -0.25) is 0 Å². The minimum absolute atomic E-state index is 0.259. The molecule has 1 aromatic rings. The Balaban J connectivity index is 2.33. The molecule has 0 amide bonds. The minimum atomic E-state index is -0.259. The quantitative estimate of drug-likeness (QED) is 0.650. The second-order valence-electron chi connectivity index (χ2n) is 2.56. The molecule has 1 atom stereocenters. The Morgan fingerprint density at radius 2 is 2.00 bits per heavy atom. The summed E-state index contributed by atoms with van der Waals surface area (Å²) in [6.07, 6.45) is -0.259. The summed E-state index contributed by atoms with van der Waals surface area (Å²) in [5, 5.41) is 12.4. The third-order valence-electron chi connectivity index (χ3n) is 1.49. The molecule has 66 valence electrons. The number of anilines is 1. The molecule has 0 saturated carbocycles. The molecule has 3 heteroatoms. The molecule has 0 fully saturated rings. The van der Waals surface area contributed by atoms with Crippen LogP contribution in [-0.2, 0) is 0 Å². The molecule has 1 unspecified atom stereocenters. The van der Waals surface area contributed by atoms with Gasteiger partial charge in [0.2, 0.25) is 0 Å². The second-order valence-corrected chi connectivity index (χ2v) is 3.44. The fourth-order valence-electron chi connectivity index (χ4n) is 0.846. The van der Waals surface area contributed by atoms with Crippen LogP contribution in [0.3, 0.4) is 0 Å². The lowest BCUT2D eigenvalue weighted by Crippen LogP contribution is -2.20. The first-order chi connectivity index (χ1) is 5.83. The number of nitrogens with one attached hydrogen (secondary N) is 1. The highest BCUT2D eigenvalue weighted by Crippen LogP contribution is 2.04. The van der Waals surface area contributed by atoms with Crippen LogP contribution >= 0.6 is 22.6 Å². The Labute approximate surface area is 86.1 Å². The first-order valence-corrected chi connectivity index (χ1v) is 5.38. The second kappa shape index (κ2) is 5.37. The molecule has 0 aliphatic rings. The van der Waals surface area contributed by atoms with Crippen molar-refractivity contribution in [1.82, 2.24) is 0 Å². The van der Waals surface area contributed by atoms with E-state index in [0.29, 0.717) is 6.54 Å². The topological polar surface area (TPSA) is 32.3 Å². The van der Waals surface area contributed by atoms with Crippen molar-refractivity contribution in [2.24, 2.45) is 0 Å². The highest BCUT2D eigenvalue weighted by atomic mass is 127. The SMILES string of the molecule is OC(CI)CNc1ccccc1. The number of hydrogen-bond donors (Lipinski definition) is 2. The van der Waals surface area contributed by atoms with E-state index in [0.717, 1.165) is 10.1 Å². The van der Waals surface area contributed by atoms with Crippen molar-refractivity contribution in [2.75, 3.05) is 16.3 Å². The number of aliphatic hydroxyl groups is 1. The number of halogens is 1. The van der Waals surface area contributed by atoms with Crippen LogP contribution in [0.5, 0.6) is 0 Å². The lowest BCUT2D eigenvalue weighted by atomic mass is 10.3. The van der Waals surface area contributed by atoms with E-state index in [4.69, 9.17) is 0 Å². The molecule has 1 rings (SSSR count). The lowest BCUT2D eigenvalue weighted by molar-refractivity contribution is 0.216. The van der Waals surface area contributed by atoms with Gasteiger partial charge >= 0.3 is 0 Å². The molecule has 1 aromatic carbocycles. The van der Waals surface area contributed by atoms with Crippen molar-refractivity contribution in [3.05, 3.63) is 30.3 Å². The van der Waals surface area contributed by atoms with Crippen molar-refractivity contribution in [1.29, 1.82) is 0 Å². The van der Waals surface area contributed by atoms with Crippen molar-refractivity contribution in [3.63, 3.8) is 0 Å². The lowest BCUT2D eigenvalue weighted by Gasteiger charge is -2.09. The maximum Gasteiger partial charge on any atom is 0.0801 e. The number of aliphatic hydroxyl groups excluding tert-OH is 1. The van der Waals surface area contributed by atoms with Gasteiger partial charge in [0.15, 0.2) is 0 Å². The summed E-state index contributed by atoms with van der Waals surface area (Å²) in [7, 11) is 0. The minimum Gasteiger partial charge on any atom is -0.390 e. The Morgan fingerprint density at radius 3 is 2.58 bits per heavy atom. The first kappa shape index (κ1) is 9.80. The van der Waals surface area contributed by atoms with Crippen LogP contribution in [0.4, 0.5) is 5.69 Å². The fraction of sp³-hybridized carbons (Fsp3) is 0.333. The van der Waals surface area contributed by atoms with Gasteiger partial charge < -0.3 is 10.4 Å². The Bertz CT molecular complexity index is 215. The summed E-state index contributed by atoms with van der Waals surface area (Å²) < 4.78 is 0.762. The van der Waals surface area contributed by atoms with Crippen LogP contribution in [0.15, 0.2) is 30.3 Å². The van der Waals surface area contributed by atoms with Gasteiger partial charge in [-0.05, 0) is 12.1 Å².